The first-order chi connectivity index (χ1) is 26.1. The van der Waals surface area contributed by atoms with E-state index >= 15 is 0 Å². The van der Waals surface area contributed by atoms with Crippen LogP contribution in [0.3, 0.4) is 0 Å². The zero-order chi connectivity index (χ0) is 38.7. The van der Waals surface area contributed by atoms with E-state index in [-0.39, 0.29) is 6.61 Å². The Balaban J connectivity index is 3.68. The van der Waals surface area contributed by atoms with Crippen molar-refractivity contribution in [3.05, 3.63) is 36.5 Å². The van der Waals surface area contributed by atoms with E-state index in [4.69, 9.17) is 0 Å². The molecular weight excluding hydrogens is 655 g/mol. The van der Waals surface area contributed by atoms with Gasteiger partial charge in [-0.3, -0.25) is 4.79 Å². The summed E-state index contributed by atoms with van der Waals surface area (Å²) in [5, 5.41) is 33.1. The van der Waals surface area contributed by atoms with E-state index in [2.05, 4.69) is 43.5 Å². The molecule has 0 heterocycles. The molecule has 0 radical (unpaired) electrons. The lowest BCUT2D eigenvalue weighted by Gasteiger charge is -2.21. The van der Waals surface area contributed by atoms with Crippen molar-refractivity contribution in [2.75, 3.05) is 6.61 Å². The summed E-state index contributed by atoms with van der Waals surface area (Å²) >= 11 is 0. The molecule has 0 rings (SSSR count). The van der Waals surface area contributed by atoms with Gasteiger partial charge in [0.25, 0.3) is 0 Å². The van der Waals surface area contributed by atoms with Gasteiger partial charge in [0.05, 0.1) is 18.8 Å². The average molecular weight is 746 g/mol. The second-order valence-corrected chi connectivity index (χ2v) is 16.0. The van der Waals surface area contributed by atoms with E-state index in [0.29, 0.717) is 6.42 Å². The van der Waals surface area contributed by atoms with Crippen LogP contribution in [0.25, 0.3) is 0 Å². The molecule has 0 aliphatic carbocycles. The molecule has 0 aromatic rings. The Morgan fingerprint density at radius 1 is 0.453 bits per heavy atom. The largest absolute Gasteiger partial charge is 0.394 e. The van der Waals surface area contributed by atoms with Crippen molar-refractivity contribution in [2.45, 2.75) is 257 Å². The van der Waals surface area contributed by atoms with Crippen molar-refractivity contribution in [2.24, 2.45) is 0 Å². The van der Waals surface area contributed by atoms with Crippen molar-refractivity contribution in [1.29, 1.82) is 0 Å². The number of unbranched alkanes of at least 4 members (excludes halogenated alkanes) is 30. The topological polar surface area (TPSA) is 89.8 Å². The van der Waals surface area contributed by atoms with Crippen molar-refractivity contribution >= 4 is 5.91 Å². The van der Waals surface area contributed by atoms with Crippen LogP contribution in [0.5, 0.6) is 0 Å². The maximum Gasteiger partial charge on any atom is 0.249 e. The molecule has 1 amide bonds. The zero-order valence-corrected chi connectivity index (χ0v) is 35.4. The number of allylic oxidation sites excluding steroid dienone is 5. The van der Waals surface area contributed by atoms with E-state index in [1.807, 2.05) is 6.08 Å². The first-order valence-electron chi connectivity index (χ1n) is 23.3. The Bertz CT molecular complexity index is 824. The van der Waals surface area contributed by atoms with Gasteiger partial charge >= 0.3 is 0 Å². The lowest BCUT2D eigenvalue weighted by Crippen LogP contribution is -2.48. The van der Waals surface area contributed by atoms with Crippen molar-refractivity contribution < 1.29 is 20.1 Å². The number of rotatable bonds is 42. The molecule has 0 aliphatic heterocycles. The molecule has 0 fully saturated rings. The molecule has 53 heavy (non-hydrogen) atoms. The van der Waals surface area contributed by atoms with Crippen LogP contribution < -0.4 is 5.32 Å². The van der Waals surface area contributed by atoms with Crippen LogP contribution in [0, 0.1) is 0 Å². The van der Waals surface area contributed by atoms with Gasteiger partial charge in [-0.1, -0.05) is 217 Å². The van der Waals surface area contributed by atoms with Gasteiger partial charge in [-0.05, 0) is 57.8 Å². The molecule has 0 saturated carbocycles. The molecule has 312 valence electrons. The minimum absolute atomic E-state index is 0.379. The van der Waals surface area contributed by atoms with Crippen LogP contribution in [0.1, 0.15) is 239 Å². The van der Waals surface area contributed by atoms with Crippen LogP contribution in [0.15, 0.2) is 36.5 Å². The fourth-order valence-corrected chi connectivity index (χ4v) is 7.02. The SMILES string of the molecule is CCCCCCCCC/C=C\CCCCCCC(O)C(=O)NC(CO)C(O)/C=C/CC/C=C/CCCCCCCCCCCCCCCCCCCC. The summed E-state index contributed by atoms with van der Waals surface area (Å²) in [6.45, 7) is 4.17. The molecule has 5 heteroatoms. The molecule has 3 atom stereocenters. The molecular formula is C48H91NO4. The van der Waals surface area contributed by atoms with Gasteiger partial charge in [0, 0.05) is 0 Å². The predicted molar refractivity (Wildman–Crippen MR) is 231 cm³/mol. The molecule has 3 unspecified atom stereocenters. The first kappa shape index (κ1) is 51.6. The van der Waals surface area contributed by atoms with E-state index in [0.717, 1.165) is 51.4 Å². The Kier molecular flexibility index (Phi) is 42.1. The number of hydrogen-bond acceptors (Lipinski definition) is 4. The number of hydrogen-bond donors (Lipinski definition) is 4. The third-order valence-corrected chi connectivity index (χ3v) is 10.7. The van der Waals surface area contributed by atoms with E-state index in [1.54, 1.807) is 6.08 Å². The van der Waals surface area contributed by atoms with Gasteiger partial charge in [-0.15, -0.1) is 0 Å². The van der Waals surface area contributed by atoms with Crippen LogP contribution in [0.4, 0.5) is 0 Å². The maximum atomic E-state index is 12.5. The maximum absolute atomic E-state index is 12.5. The molecule has 0 bridgehead atoms. The highest BCUT2D eigenvalue weighted by atomic mass is 16.3. The normalized spacial score (nSPS) is 13.8. The van der Waals surface area contributed by atoms with Crippen molar-refractivity contribution in [3.8, 4) is 0 Å². The molecule has 5 nitrogen and oxygen atoms in total. The van der Waals surface area contributed by atoms with Crippen LogP contribution >= 0.6 is 0 Å². The summed E-state index contributed by atoms with van der Waals surface area (Å²) in [6.07, 6.45) is 54.8. The lowest BCUT2D eigenvalue weighted by atomic mass is 10.0. The molecule has 0 aromatic carbocycles. The highest BCUT2D eigenvalue weighted by Gasteiger charge is 2.22. The fourth-order valence-electron chi connectivity index (χ4n) is 7.02. The van der Waals surface area contributed by atoms with Gasteiger partial charge in [-0.25, -0.2) is 0 Å². The standard InChI is InChI=1S/C48H91NO4/c1-3-5-7-9-11-13-15-17-19-20-21-22-23-24-25-26-27-29-30-32-34-36-38-40-42-46(51)45(44-50)49-48(53)47(52)43-41-39-37-35-33-31-28-18-16-14-12-10-8-6-4-2/h28,31-32,34,40,42,45-47,50-52H,3-27,29-30,33,35-39,41,43-44H2,1-2H3,(H,49,53)/b31-28-,34-32+,42-40+. The number of carbonyl (C=O) groups excluding carboxylic acids is 1. The second kappa shape index (κ2) is 43.3. The second-order valence-electron chi connectivity index (χ2n) is 16.0. The van der Waals surface area contributed by atoms with Crippen molar-refractivity contribution in [1.82, 2.24) is 5.32 Å². The smallest absolute Gasteiger partial charge is 0.249 e. The van der Waals surface area contributed by atoms with Crippen molar-refractivity contribution in [3.63, 3.8) is 0 Å². The summed E-state index contributed by atoms with van der Waals surface area (Å²) in [5.74, 6) is -0.521. The fraction of sp³-hybridized carbons (Fsp3) is 0.854. The number of amides is 1. The minimum atomic E-state index is -1.11. The molecule has 0 aromatic heterocycles. The van der Waals surface area contributed by atoms with E-state index < -0.39 is 24.2 Å². The van der Waals surface area contributed by atoms with E-state index in [1.165, 1.54) is 167 Å². The minimum Gasteiger partial charge on any atom is -0.394 e. The Morgan fingerprint density at radius 3 is 1.15 bits per heavy atom. The monoisotopic (exact) mass is 746 g/mol. The first-order valence-corrected chi connectivity index (χ1v) is 23.3. The Labute approximate surface area is 330 Å². The lowest BCUT2D eigenvalue weighted by molar-refractivity contribution is -0.131. The highest BCUT2D eigenvalue weighted by molar-refractivity contribution is 5.80. The highest BCUT2D eigenvalue weighted by Crippen LogP contribution is 2.15. The predicted octanol–water partition coefficient (Wildman–Crippen LogP) is 13.5. The summed E-state index contributed by atoms with van der Waals surface area (Å²) in [6, 6.07) is -0.818. The van der Waals surface area contributed by atoms with Crippen LogP contribution in [-0.4, -0.2) is 46.1 Å². The summed E-state index contributed by atoms with van der Waals surface area (Å²) in [5.41, 5.74) is 0. The molecule has 4 N–H and O–H groups in total. The van der Waals surface area contributed by atoms with E-state index in [9.17, 15) is 20.1 Å². The Hall–Kier alpha value is -1.43. The number of aliphatic hydroxyl groups is 3. The molecule has 0 saturated heterocycles. The molecule has 0 aliphatic rings. The average Bonchev–Trinajstić information content (AvgIpc) is 3.16. The van der Waals surface area contributed by atoms with Crippen LogP contribution in [-0.2, 0) is 4.79 Å². The Morgan fingerprint density at radius 2 is 0.774 bits per heavy atom. The summed E-state index contributed by atoms with van der Waals surface area (Å²) in [7, 11) is 0. The van der Waals surface area contributed by atoms with Gasteiger partial charge in [-0.2, -0.15) is 0 Å². The third kappa shape index (κ3) is 38.6. The zero-order valence-electron chi connectivity index (χ0n) is 35.4. The summed E-state index contributed by atoms with van der Waals surface area (Å²) < 4.78 is 0. The van der Waals surface area contributed by atoms with Crippen LogP contribution in [0.2, 0.25) is 0 Å². The third-order valence-electron chi connectivity index (χ3n) is 10.7. The molecule has 0 spiro atoms. The number of nitrogens with one attached hydrogen (secondary N) is 1. The number of carbonyl (C=O) groups is 1. The number of aliphatic hydroxyl groups excluding tert-OH is 3. The van der Waals surface area contributed by atoms with Gasteiger partial charge in [0.1, 0.15) is 6.10 Å². The van der Waals surface area contributed by atoms with Gasteiger partial charge in [0.2, 0.25) is 5.91 Å². The van der Waals surface area contributed by atoms with Gasteiger partial charge in [0.15, 0.2) is 0 Å². The summed E-state index contributed by atoms with van der Waals surface area (Å²) in [4.78, 5) is 12.5. The quantitative estimate of drug-likeness (QED) is 0.0370. The van der Waals surface area contributed by atoms with Gasteiger partial charge < -0.3 is 20.6 Å².